The van der Waals surface area contributed by atoms with Gasteiger partial charge in [-0.1, -0.05) is 35.9 Å². The molecule has 1 N–H and O–H groups in total. The van der Waals surface area contributed by atoms with Crippen LogP contribution in [-0.4, -0.2) is 12.3 Å². The largest absolute Gasteiger partial charge is 0.378 e. The summed E-state index contributed by atoms with van der Waals surface area (Å²) < 4.78 is 0. The molecule has 0 fully saturated rings. The molecule has 0 bridgehead atoms. The van der Waals surface area contributed by atoms with Gasteiger partial charge in [-0.25, -0.2) is 0 Å². The highest BCUT2D eigenvalue weighted by Gasteiger charge is 2.05. The van der Waals surface area contributed by atoms with Crippen molar-refractivity contribution in [3.63, 3.8) is 0 Å². The van der Waals surface area contributed by atoms with E-state index in [-0.39, 0.29) is 12.3 Å². The van der Waals surface area contributed by atoms with Crippen LogP contribution >= 0.6 is 0 Å². The highest BCUT2D eigenvalue weighted by atomic mass is 16.1. The van der Waals surface area contributed by atoms with Crippen LogP contribution in [0.2, 0.25) is 0 Å². The van der Waals surface area contributed by atoms with Crippen molar-refractivity contribution in [2.75, 3.05) is 11.9 Å². The highest BCUT2D eigenvalue weighted by Crippen LogP contribution is 2.10. The molecule has 94 valence electrons. The molecule has 0 amide bonds. The minimum Gasteiger partial charge on any atom is -0.378 e. The average Bonchev–Trinajstić information content (AvgIpc) is 2.46. The predicted molar refractivity (Wildman–Crippen MR) is 75.2 cm³/mol. The van der Waals surface area contributed by atoms with E-state index in [4.69, 9.17) is 5.26 Å². The zero-order valence-electron chi connectivity index (χ0n) is 10.7. The molecule has 2 aromatic carbocycles. The number of Topliss-reactive ketones (excluding diaryl/α,β-unsaturated/α-hetero) is 1. The SMILES string of the molecule is Cc1ccc(C(=O)CNc2cccc(C#N)c2)cc1. The summed E-state index contributed by atoms with van der Waals surface area (Å²) in [6.45, 7) is 2.21. The first-order chi connectivity index (χ1) is 9.19. The number of nitrogens with zero attached hydrogens (tertiary/aromatic N) is 1. The van der Waals surface area contributed by atoms with E-state index in [0.29, 0.717) is 11.1 Å². The molecule has 0 saturated carbocycles. The van der Waals surface area contributed by atoms with Gasteiger partial charge < -0.3 is 5.32 Å². The third-order valence-electron chi connectivity index (χ3n) is 2.82. The molecule has 0 saturated heterocycles. The second kappa shape index (κ2) is 5.83. The summed E-state index contributed by atoms with van der Waals surface area (Å²) in [5.41, 5.74) is 3.17. The molecule has 0 aliphatic rings. The fraction of sp³-hybridized carbons (Fsp3) is 0.125. The van der Waals surface area contributed by atoms with Gasteiger partial charge in [-0.2, -0.15) is 5.26 Å². The van der Waals surface area contributed by atoms with Crippen LogP contribution < -0.4 is 5.32 Å². The number of carbonyl (C=O) groups is 1. The number of nitriles is 1. The number of aryl methyl sites for hydroxylation is 1. The molecular formula is C16H14N2O. The van der Waals surface area contributed by atoms with Crippen molar-refractivity contribution in [3.8, 4) is 6.07 Å². The lowest BCUT2D eigenvalue weighted by Crippen LogP contribution is -2.13. The molecule has 0 spiro atoms. The summed E-state index contributed by atoms with van der Waals surface area (Å²) in [5, 5.41) is 11.8. The fourth-order valence-electron chi connectivity index (χ4n) is 1.72. The van der Waals surface area contributed by atoms with Crippen molar-refractivity contribution in [1.82, 2.24) is 0 Å². The Balaban J connectivity index is 2.00. The molecule has 2 rings (SSSR count). The molecule has 19 heavy (non-hydrogen) atoms. The van der Waals surface area contributed by atoms with Gasteiger partial charge in [-0.05, 0) is 25.1 Å². The smallest absolute Gasteiger partial charge is 0.181 e. The topological polar surface area (TPSA) is 52.9 Å². The maximum absolute atomic E-state index is 12.0. The lowest BCUT2D eigenvalue weighted by molar-refractivity contribution is 0.101. The van der Waals surface area contributed by atoms with E-state index >= 15 is 0 Å². The van der Waals surface area contributed by atoms with Gasteiger partial charge in [0.15, 0.2) is 5.78 Å². The van der Waals surface area contributed by atoms with E-state index < -0.39 is 0 Å². The predicted octanol–water partition coefficient (Wildman–Crippen LogP) is 3.16. The summed E-state index contributed by atoms with van der Waals surface area (Å²) >= 11 is 0. The maximum atomic E-state index is 12.0. The number of rotatable bonds is 4. The Hall–Kier alpha value is -2.60. The second-order valence-electron chi connectivity index (χ2n) is 4.34. The zero-order chi connectivity index (χ0) is 13.7. The van der Waals surface area contributed by atoms with Gasteiger partial charge in [0, 0.05) is 11.3 Å². The van der Waals surface area contributed by atoms with Crippen LogP contribution in [0.15, 0.2) is 48.5 Å². The van der Waals surface area contributed by atoms with Crippen molar-refractivity contribution in [3.05, 3.63) is 65.2 Å². The van der Waals surface area contributed by atoms with Crippen LogP contribution in [0.4, 0.5) is 5.69 Å². The lowest BCUT2D eigenvalue weighted by Gasteiger charge is -2.06. The Bertz CT molecular complexity index is 624. The van der Waals surface area contributed by atoms with Gasteiger partial charge in [0.25, 0.3) is 0 Å². The number of anilines is 1. The minimum atomic E-state index is 0.0300. The first-order valence-corrected chi connectivity index (χ1v) is 6.03. The molecule has 0 heterocycles. The van der Waals surface area contributed by atoms with Crippen LogP contribution in [0.25, 0.3) is 0 Å². The average molecular weight is 250 g/mol. The second-order valence-corrected chi connectivity index (χ2v) is 4.34. The molecule has 2 aromatic rings. The standard InChI is InChI=1S/C16H14N2O/c1-12-5-7-14(8-6-12)16(19)11-18-15-4-2-3-13(9-15)10-17/h2-9,18H,11H2,1H3. The molecule has 0 aromatic heterocycles. The number of hydrogen-bond acceptors (Lipinski definition) is 3. The van der Waals surface area contributed by atoms with E-state index in [1.54, 1.807) is 18.2 Å². The third-order valence-corrected chi connectivity index (χ3v) is 2.82. The van der Waals surface area contributed by atoms with Gasteiger partial charge in [-0.15, -0.1) is 0 Å². The van der Waals surface area contributed by atoms with Gasteiger partial charge in [0.05, 0.1) is 18.2 Å². The summed E-state index contributed by atoms with van der Waals surface area (Å²) in [6.07, 6.45) is 0. The van der Waals surface area contributed by atoms with Gasteiger partial charge in [0.2, 0.25) is 0 Å². The van der Waals surface area contributed by atoms with Crippen molar-refractivity contribution >= 4 is 11.5 Å². The lowest BCUT2D eigenvalue weighted by atomic mass is 10.1. The number of hydrogen-bond donors (Lipinski definition) is 1. The molecule has 0 aliphatic carbocycles. The third kappa shape index (κ3) is 3.43. The summed E-state index contributed by atoms with van der Waals surface area (Å²) in [5.74, 6) is 0.0300. The maximum Gasteiger partial charge on any atom is 0.181 e. The quantitative estimate of drug-likeness (QED) is 0.848. The Morgan fingerprint density at radius 2 is 1.95 bits per heavy atom. The van der Waals surface area contributed by atoms with E-state index in [2.05, 4.69) is 11.4 Å². The van der Waals surface area contributed by atoms with Crippen LogP contribution in [-0.2, 0) is 0 Å². The molecule has 3 heteroatoms. The van der Waals surface area contributed by atoms with Crippen molar-refractivity contribution in [1.29, 1.82) is 5.26 Å². The number of ketones is 1. The van der Waals surface area contributed by atoms with Gasteiger partial charge in [0.1, 0.15) is 0 Å². The van der Waals surface area contributed by atoms with E-state index in [0.717, 1.165) is 11.3 Å². The molecule has 0 radical (unpaired) electrons. The minimum absolute atomic E-state index is 0.0300. The van der Waals surface area contributed by atoms with Gasteiger partial charge in [-0.3, -0.25) is 4.79 Å². The normalized spacial score (nSPS) is 9.68. The Morgan fingerprint density at radius 1 is 1.21 bits per heavy atom. The Labute approximate surface area is 112 Å². The van der Waals surface area contributed by atoms with E-state index in [1.807, 2.05) is 37.3 Å². The molecule has 0 unspecified atom stereocenters. The van der Waals surface area contributed by atoms with Gasteiger partial charge >= 0.3 is 0 Å². The van der Waals surface area contributed by atoms with Crippen molar-refractivity contribution in [2.45, 2.75) is 6.92 Å². The van der Waals surface area contributed by atoms with E-state index in [9.17, 15) is 4.79 Å². The Kier molecular flexibility index (Phi) is 3.94. The van der Waals surface area contributed by atoms with Crippen molar-refractivity contribution in [2.24, 2.45) is 0 Å². The highest BCUT2D eigenvalue weighted by molar-refractivity contribution is 5.99. The summed E-state index contributed by atoms with van der Waals surface area (Å²) in [6, 6.07) is 16.6. The number of nitrogens with one attached hydrogen (secondary N) is 1. The van der Waals surface area contributed by atoms with E-state index in [1.165, 1.54) is 0 Å². The van der Waals surface area contributed by atoms with Crippen molar-refractivity contribution < 1.29 is 4.79 Å². The number of benzene rings is 2. The van der Waals surface area contributed by atoms with Crippen LogP contribution in [0.5, 0.6) is 0 Å². The van der Waals surface area contributed by atoms with Crippen LogP contribution in [0, 0.1) is 18.3 Å². The monoisotopic (exact) mass is 250 g/mol. The molecule has 0 atom stereocenters. The first kappa shape index (κ1) is 12.8. The molecule has 3 nitrogen and oxygen atoms in total. The molecule has 0 aliphatic heterocycles. The molecular weight excluding hydrogens is 236 g/mol. The summed E-state index contributed by atoms with van der Waals surface area (Å²) in [7, 11) is 0. The fourth-order valence-corrected chi connectivity index (χ4v) is 1.72. The van der Waals surface area contributed by atoms with Crippen LogP contribution in [0.1, 0.15) is 21.5 Å². The zero-order valence-corrected chi connectivity index (χ0v) is 10.7. The number of carbonyl (C=O) groups excluding carboxylic acids is 1. The summed E-state index contributed by atoms with van der Waals surface area (Å²) in [4.78, 5) is 12.0. The van der Waals surface area contributed by atoms with Crippen LogP contribution in [0.3, 0.4) is 0 Å². The Morgan fingerprint density at radius 3 is 2.63 bits per heavy atom. The first-order valence-electron chi connectivity index (χ1n) is 6.03.